The lowest BCUT2D eigenvalue weighted by atomic mass is 10.1. The van der Waals surface area contributed by atoms with Crippen molar-refractivity contribution in [3.8, 4) is 0 Å². The van der Waals surface area contributed by atoms with Crippen LogP contribution >= 0.6 is 39.3 Å². The molecule has 1 heterocycles. The molecule has 16 heavy (non-hydrogen) atoms. The number of halogens is 2. The van der Waals surface area contributed by atoms with Gasteiger partial charge in [0, 0.05) is 15.9 Å². The van der Waals surface area contributed by atoms with Crippen LogP contribution in [0.1, 0.15) is 16.1 Å². The van der Waals surface area contributed by atoms with Crippen LogP contribution in [-0.2, 0) is 6.42 Å². The summed E-state index contributed by atoms with van der Waals surface area (Å²) in [7, 11) is 0. The van der Waals surface area contributed by atoms with Gasteiger partial charge in [0.1, 0.15) is 5.69 Å². The zero-order valence-electron chi connectivity index (χ0n) is 7.98. The van der Waals surface area contributed by atoms with Gasteiger partial charge < -0.3 is 0 Å². The molecule has 0 aliphatic rings. The molecule has 0 saturated carbocycles. The van der Waals surface area contributed by atoms with Gasteiger partial charge in [0.2, 0.25) is 0 Å². The quantitative estimate of drug-likeness (QED) is 0.815. The van der Waals surface area contributed by atoms with Gasteiger partial charge in [0.25, 0.3) is 0 Å². The summed E-state index contributed by atoms with van der Waals surface area (Å²) < 4.78 is 8.57. The van der Waals surface area contributed by atoms with Crippen LogP contribution in [0, 0.1) is 0 Å². The third kappa shape index (κ3) is 2.66. The highest BCUT2D eigenvalue weighted by Gasteiger charge is 2.12. The van der Waals surface area contributed by atoms with E-state index in [4.69, 9.17) is 11.6 Å². The molecule has 0 bridgehead atoms. The highest BCUT2D eigenvalue weighted by atomic mass is 79.9. The maximum Gasteiger partial charge on any atom is 0.188 e. The van der Waals surface area contributed by atoms with Gasteiger partial charge in [-0.3, -0.25) is 4.79 Å². The summed E-state index contributed by atoms with van der Waals surface area (Å²) in [6, 6.07) is 5.45. The van der Waals surface area contributed by atoms with Crippen LogP contribution in [0.2, 0.25) is 5.02 Å². The summed E-state index contributed by atoms with van der Waals surface area (Å²) in [6.45, 7) is 0. The van der Waals surface area contributed by atoms with Gasteiger partial charge >= 0.3 is 0 Å². The number of aromatic nitrogens is 2. The monoisotopic (exact) mass is 316 g/mol. The van der Waals surface area contributed by atoms with Crippen LogP contribution in [-0.4, -0.2) is 14.5 Å². The lowest BCUT2D eigenvalue weighted by Gasteiger charge is -2.02. The normalized spacial score (nSPS) is 10.4. The molecule has 1 aromatic carbocycles. The van der Waals surface area contributed by atoms with Crippen molar-refractivity contribution in [1.29, 1.82) is 0 Å². The van der Waals surface area contributed by atoms with E-state index in [0.717, 1.165) is 21.8 Å². The second-order valence-corrected chi connectivity index (χ2v) is 5.01. The number of carbonyl (C=O) groups is 1. The van der Waals surface area contributed by atoms with E-state index in [2.05, 4.69) is 24.7 Å². The first kappa shape index (κ1) is 11.7. The maximum absolute atomic E-state index is 11.7. The Hall–Kier alpha value is -0.780. The molecule has 0 spiro atoms. The molecule has 0 radical (unpaired) electrons. The van der Waals surface area contributed by atoms with Crippen molar-refractivity contribution in [2.24, 2.45) is 0 Å². The summed E-state index contributed by atoms with van der Waals surface area (Å²) in [5.74, 6) is -0.0713. The van der Waals surface area contributed by atoms with Crippen LogP contribution in [0.15, 0.2) is 28.9 Å². The molecule has 0 aliphatic heterocycles. The molecule has 6 heteroatoms. The summed E-state index contributed by atoms with van der Waals surface area (Å²) in [6.07, 6.45) is 1.72. The van der Waals surface area contributed by atoms with E-state index in [1.807, 2.05) is 12.1 Å². The molecular formula is C10H6BrClN2OS. The van der Waals surface area contributed by atoms with E-state index in [0.29, 0.717) is 10.7 Å². The molecule has 2 aromatic rings. The molecule has 1 aromatic heterocycles. The summed E-state index contributed by atoms with van der Waals surface area (Å²) in [5.41, 5.74) is 1.19. The standard InChI is InChI=1S/C10H6BrClN2OS/c11-7-2-1-6(8(12)4-7)3-10(15)9-5-13-16-14-9/h1-2,4-5H,3H2. The number of ketones is 1. The van der Waals surface area contributed by atoms with Crippen LogP contribution < -0.4 is 0 Å². The molecular weight excluding hydrogens is 312 g/mol. The Balaban J connectivity index is 2.18. The van der Waals surface area contributed by atoms with E-state index in [1.54, 1.807) is 6.07 Å². The topological polar surface area (TPSA) is 42.9 Å². The Morgan fingerprint density at radius 2 is 2.31 bits per heavy atom. The van der Waals surface area contributed by atoms with Gasteiger partial charge in [0.05, 0.1) is 17.9 Å². The molecule has 0 amide bonds. The van der Waals surface area contributed by atoms with Gasteiger partial charge in [-0.05, 0) is 17.7 Å². The summed E-state index contributed by atoms with van der Waals surface area (Å²) in [5, 5.41) is 0.575. The van der Waals surface area contributed by atoms with Crippen molar-refractivity contribution in [3.05, 3.63) is 45.1 Å². The van der Waals surface area contributed by atoms with Crippen LogP contribution in [0.3, 0.4) is 0 Å². The van der Waals surface area contributed by atoms with Crippen LogP contribution in [0.4, 0.5) is 0 Å². The fraction of sp³-hybridized carbons (Fsp3) is 0.100. The number of nitrogens with zero attached hydrogens (tertiary/aromatic N) is 2. The predicted octanol–water partition coefficient (Wildman–Crippen LogP) is 3.38. The number of hydrogen-bond donors (Lipinski definition) is 0. The van der Waals surface area contributed by atoms with E-state index >= 15 is 0 Å². The highest BCUT2D eigenvalue weighted by Crippen LogP contribution is 2.22. The average molecular weight is 318 g/mol. The Morgan fingerprint density at radius 1 is 1.50 bits per heavy atom. The first-order chi connectivity index (χ1) is 7.66. The maximum atomic E-state index is 11.7. The number of Topliss-reactive ketones (excluding diaryl/α,β-unsaturated/α-hetero) is 1. The molecule has 0 saturated heterocycles. The average Bonchev–Trinajstić information content (AvgIpc) is 2.75. The second-order valence-electron chi connectivity index (χ2n) is 3.13. The number of rotatable bonds is 3. The fourth-order valence-electron chi connectivity index (χ4n) is 1.22. The van der Waals surface area contributed by atoms with Gasteiger partial charge in [-0.2, -0.15) is 8.75 Å². The third-order valence-corrected chi connectivity index (χ3v) is 3.34. The van der Waals surface area contributed by atoms with Gasteiger partial charge in [-0.25, -0.2) is 0 Å². The minimum absolute atomic E-state index is 0.0713. The van der Waals surface area contributed by atoms with Crippen molar-refractivity contribution in [2.45, 2.75) is 6.42 Å². The van der Waals surface area contributed by atoms with E-state index in [-0.39, 0.29) is 12.2 Å². The van der Waals surface area contributed by atoms with Crippen molar-refractivity contribution < 1.29 is 4.79 Å². The lowest BCUT2D eigenvalue weighted by Crippen LogP contribution is -2.04. The van der Waals surface area contributed by atoms with Gasteiger partial charge in [-0.1, -0.05) is 33.6 Å². The fourth-order valence-corrected chi connectivity index (χ4v) is 2.39. The molecule has 82 valence electrons. The molecule has 0 aliphatic carbocycles. The minimum Gasteiger partial charge on any atom is -0.292 e. The zero-order chi connectivity index (χ0) is 11.5. The smallest absolute Gasteiger partial charge is 0.188 e. The Kier molecular flexibility index (Phi) is 3.68. The van der Waals surface area contributed by atoms with Gasteiger partial charge in [-0.15, -0.1) is 0 Å². The van der Waals surface area contributed by atoms with Crippen molar-refractivity contribution in [3.63, 3.8) is 0 Å². The van der Waals surface area contributed by atoms with Gasteiger partial charge in [0.15, 0.2) is 5.78 Å². The largest absolute Gasteiger partial charge is 0.292 e. The molecule has 0 unspecified atom stereocenters. The Morgan fingerprint density at radius 3 is 2.94 bits per heavy atom. The summed E-state index contributed by atoms with van der Waals surface area (Å²) in [4.78, 5) is 11.7. The highest BCUT2D eigenvalue weighted by molar-refractivity contribution is 9.10. The van der Waals surface area contributed by atoms with Crippen molar-refractivity contribution in [2.75, 3.05) is 0 Å². The van der Waals surface area contributed by atoms with Crippen molar-refractivity contribution >= 4 is 45.0 Å². The SMILES string of the molecule is O=C(Cc1ccc(Br)cc1Cl)c1cnsn1. The number of hydrogen-bond acceptors (Lipinski definition) is 4. The molecule has 0 N–H and O–H groups in total. The molecule has 0 fully saturated rings. The van der Waals surface area contributed by atoms with E-state index < -0.39 is 0 Å². The molecule has 2 rings (SSSR count). The summed E-state index contributed by atoms with van der Waals surface area (Å²) >= 11 is 10.4. The number of benzene rings is 1. The van der Waals surface area contributed by atoms with Crippen molar-refractivity contribution in [1.82, 2.24) is 8.75 Å². The second kappa shape index (κ2) is 5.03. The minimum atomic E-state index is -0.0713. The first-order valence-corrected chi connectivity index (χ1v) is 6.31. The number of carbonyl (C=O) groups excluding carboxylic acids is 1. The zero-order valence-corrected chi connectivity index (χ0v) is 11.1. The molecule has 3 nitrogen and oxygen atoms in total. The third-order valence-electron chi connectivity index (χ3n) is 2.01. The van der Waals surface area contributed by atoms with Crippen LogP contribution in [0.5, 0.6) is 0 Å². The lowest BCUT2D eigenvalue weighted by molar-refractivity contribution is 0.0989. The molecule has 0 atom stereocenters. The Bertz CT molecular complexity index is 516. The Labute approximate surface area is 110 Å². The van der Waals surface area contributed by atoms with E-state index in [9.17, 15) is 4.79 Å². The first-order valence-electron chi connectivity index (χ1n) is 4.41. The van der Waals surface area contributed by atoms with Crippen LogP contribution in [0.25, 0.3) is 0 Å². The van der Waals surface area contributed by atoms with E-state index in [1.165, 1.54) is 6.20 Å². The predicted molar refractivity (Wildman–Crippen MR) is 67.1 cm³/mol.